The van der Waals surface area contributed by atoms with Crippen LogP contribution in [0.15, 0.2) is 10.9 Å². The van der Waals surface area contributed by atoms with Crippen LogP contribution in [-0.2, 0) is 12.5 Å². The number of aromatic amines is 1. The van der Waals surface area contributed by atoms with Gasteiger partial charge in [0.1, 0.15) is 0 Å². The Labute approximate surface area is 83.3 Å². The Morgan fingerprint density at radius 3 is 2.64 bits per heavy atom. The molecule has 0 radical (unpaired) electrons. The number of aromatic nitrogens is 1. The van der Waals surface area contributed by atoms with E-state index in [1.807, 2.05) is 0 Å². The van der Waals surface area contributed by atoms with Crippen molar-refractivity contribution in [1.82, 2.24) is 4.98 Å². The molecule has 0 unspecified atom stereocenters. The van der Waals surface area contributed by atoms with Crippen molar-refractivity contribution in [2.24, 2.45) is 0 Å². The minimum Gasteiger partial charge on any atom is -0.391 e. The Morgan fingerprint density at radius 2 is 2.21 bits per heavy atom. The van der Waals surface area contributed by atoms with Gasteiger partial charge in [-0.05, 0) is 0 Å². The smallest absolute Gasteiger partial charge is 0.278 e. The molecule has 0 bridgehead atoms. The van der Waals surface area contributed by atoms with E-state index >= 15 is 0 Å². The number of alkyl halides is 3. The molecule has 0 atom stereocenters. The van der Waals surface area contributed by atoms with E-state index in [1.54, 1.807) is 0 Å². The maximum atomic E-state index is 12.2. The van der Waals surface area contributed by atoms with Crippen LogP contribution < -0.4 is 5.43 Å². The molecule has 0 spiro atoms. The Hall–Kier alpha value is -0.940. The van der Waals surface area contributed by atoms with E-state index in [9.17, 15) is 13.6 Å². The average Bonchev–Trinajstić information content (AvgIpc) is 2.16. The first-order chi connectivity index (χ1) is 6.60. The Balaban J connectivity index is 3.32. The van der Waals surface area contributed by atoms with Crippen LogP contribution in [0.1, 0.15) is 23.4 Å². The summed E-state index contributed by atoms with van der Waals surface area (Å²) in [6.07, 6.45) is -2.75. The van der Waals surface area contributed by atoms with Crippen molar-refractivity contribution in [3.8, 4) is 0 Å². The summed E-state index contributed by atoms with van der Waals surface area (Å²) in [7, 11) is 0. The standard InChI is InChI=1S/C8H8ClF2NO2/c9-2-6-4(3-13)7(14)1-5(12-6)8(10)11/h1,8,13H,2-3H2,(H,12,14). The van der Waals surface area contributed by atoms with Gasteiger partial charge in [-0.25, -0.2) is 8.78 Å². The molecular weight excluding hydrogens is 216 g/mol. The van der Waals surface area contributed by atoms with Crippen LogP contribution in [-0.4, -0.2) is 10.1 Å². The predicted octanol–water partition coefficient (Wildman–Crippen LogP) is 1.54. The molecule has 0 aliphatic carbocycles. The lowest BCUT2D eigenvalue weighted by molar-refractivity contribution is 0.145. The summed E-state index contributed by atoms with van der Waals surface area (Å²) in [5.74, 6) is -0.119. The van der Waals surface area contributed by atoms with Gasteiger partial charge in [-0.3, -0.25) is 4.79 Å². The molecule has 1 rings (SSSR count). The molecule has 14 heavy (non-hydrogen) atoms. The first-order valence-electron chi connectivity index (χ1n) is 3.80. The van der Waals surface area contributed by atoms with E-state index in [4.69, 9.17) is 16.7 Å². The summed E-state index contributed by atoms with van der Waals surface area (Å²) >= 11 is 5.43. The second-order valence-electron chi connectivity index (χ2n) is 2.64. The number of hydrogen-bond acceptors (Lipinski definition) is 2. The summed E-state index contributed by atoms with van der Waals surface area (Å²) < 4.78 is 24.4. The zero-order valence-electron chi connectivity index (χ0n) is 7.06. The quantitative estimate of drug-likeness (QED) is 0.764. The van der Waals surface area contributed by atoms with Gasteiger partial charge in [-0.1, -0.05) is 0 Å². The third-order valence-corrected chi connectivity index (χ3v) is 2.04. The minimum atomic E-state index is -2.75. The van der Waals surface area contributed by atoms with E-state index in [0.29, 0.717) is 0 Å². The SMILES string of the molecule is O=c1cc(C(F)F)[nH]c(CCl)c1CO. The number of pyridine rings is 1. The Bertz CT molecular complexity index is 378. The maximum Gasteiger partial charge on any atom is 0.278 e. The van der Waals surface area contributed by atoms with Gasteiger partial charge >= 0.3 is 0 Å². The van der Waals surface area contributed by atoms with Crippen LogP contribution in [0.2, 0.25) is 0 Å². The van der Waals surface area contributed by atoms with Gasteiger partial charge in [-0.15, -0.1) is 11.6 Å². The highest BCUT2D eigenvalue weighted by Crippen LogP contribution is 2.16. The van der Waals surface area contributed by atoms with Gasteiger partial charge in [0.2, 0.25) is 0 Å². The van der Waals surface area contributed by atoms with Crippen LogP contribution in [0.3, 0.4) is 0 Å². The van der Waals surface area contributed by atoms with Gasteiger partial charge in [-0.2, -0.15) is 0 Å². The number of rotatable bonds is 3. The molecule has 0 aliphatic heterocycles. The topological polar surface area (TPSA) is 53.1 Å². The first-order valence-corrected chi connectivity index (χ1v) is 4.33. The summed E-state index contributed by atoms with van der Waals surface area (Å²) in [6.45, 7) is -0.513. The van der Waals surface area contributed by atoms with Crippen LogP contribution in [0.25, 0.3) is 0 Å². The van der Waals surface area contributed by atoms with E-state index in [-0.39, 0.29) is 17.1 Å². The van der Waals surface area contributed by atoms with E-state index in [1.165, 1.54) is 0 Å². The van der Waals surface area contributed by atoms with Gasteiger partial charge in [0.15, 0.2) is 5.43 Å². The number of aliphatic hydroxyl groups excluding tert-OH is 1. The molecule has 0 aromatic carbocycles. The van der Waals surface area contributed by atoms with Crippen molar-refractivity contribution >= 4 is 11.6 Å². The molecule has 0 aliphatic rings. The number of hydrogen-bond donors (Lipinski definition) is 2. The zero-order chi connectivity index (χ0) is 10.7. The van der Waals surface area contributed by atoms with Crippen molar-refractivity contribution < 1.29 is 13.9 Å². The fraction of sp³-hybridized carbons (Fsp3) is 0.375. The molecule has 1 aromatic heterocycles. The number of H-pyrrole nitrogens is 1. The third kappa shape index (κ3) is 2.10. The molecule has 0 saturated carbocycles. The minimum absolute atomic E-state index is 0.0319. The third-order valence-electron chi connectivity index (χ3n) is 1.77. The van der Waals surface area contributed by atoms with Gasteiger partial charge in [0.25, 0.3) is 6.43 Å². The molecule has 6 heteroatoms. The average molecular weight is 224 g/mol. The molecule has 0 fully saturated rings. The fourth-order valence-corrected chi connectivity index (χ4v) is 1.30. The second kappa shape index (κ2) is 4.52. The molecule has 1 heterocycles. The van der Waals surface area contributed by atoms with Gasteiger partial charge in [0.05, 0.1) is 18.2 Å². The highest BCUT2D eigenvalue weighted by Gasteiger charge is 2.13. The van der Waals surface area contributed by atoms with Crippen molar-refractivity contribution in [2.75, 3.05) is 0 Å². The number of nitrogens with one attached hydrogen (secondary N) is 1. The molecule has 0 amide bonds. The normalized spacial score (nSPS) is 10.9. The van der Waals surface area contributed by atoms with Crippen molar-refractivity contribution in [3.05, 3.63) is 33.2 Å². The molecule has 3 nitrogen and oxygen atoms in total. The Kier molecular flexibility index (Phi) is 3.60. The van der Waals surface area contributed by atoms with Crippen LogP contribution >= 0.6 is 11.6 Å². The number of aliphatic hydroxyl groups is 1. The molecule has 2 N–H and O–H groups in total. The van der Waals surface area contributed by atoms with Crippen LogP contribution in [0, 0.1) is 0 Å². The predicted molar refractivity (Wildman–Crippen MR) is 47.5 cm³/mol. The van der Waals surface area contributed by atoms with Gasteiger partial charge in [0, 0.05) is 17.3 Å². The van der Waals surface area contributed by atoms with Crippen molar-refractivity contribution in [1.29, 1.82) is 0 Å². The van der Waals surface area contributed by atoms with Crippen molar-refractivity contribution in [3.63, 3.8) is 0 Å². The van der Waals surface area contributed by atoms with Gasteiger partial charge < -0.3 is 10.1 Å². The zero-order valence-corrected chi connectivity index (χ0v) is 7.81. The first kappa shape index (κ1) is 11.1. The summed E-state index contributed by atoms with van der Waals surface area (Å²) in [5, 5.41) is 8.79. The Morgan fingerprint density at radius 1 is 1.57 bits per heavy atom. The summed E-state index contributed by atoms with van der Waals surface area (Å²) in [6, 6.07) is 0.770. The lowest BCUT2D eigenvalue weighted by Crippen LogP contribution is -2.15. The highest BCUT2D eigenvalue weighted by molar-refractivity contribution is 6.17. The molecule has 1 aromatic rings. The molecular formula is C8H8ClF2NO2. The molecule has 0 saturated heterocycles. The maximum absolute atomic E-state index is 12.2. The van der Waals surface area contributed by atoms with E-state index in [2.05, 4.69) is 4.98 Å². The largest absolute Gasteiger partial charge is 0.391 e. The van der Waals surface area contributed by atoms with E-state index in [0.717, 1.165) is 6.07 Å². The van der Waals surface area contributed by atoms with E-state index < -0.39 is 24.2 Å². The lowest BCUT2D eigenvalue weighted by atomic mass is 10.2. The van der Waals surface area contributed by atoms with Crippen LogP contribution in [0.4, 0.5) is 8.78 Å². The lowest BCUT2D eigenvalue weighted by Gasteiger charge is -2.06. The van der Waals surface area contributed by atoms with Crippen LogP contribution in [0.5, 0.6) is 0 Å². The second-order valence-corrected chi connectivity index (χ2v) is 2.91. The highest BCUT2D eigenvalue weighted by atomic mass is 35.5. The van der Waals surface area contributed by atoms with Crippen molar-refractivity contribution in [2.45, 2.75) is 18.9 Å². The summed E-state index contributed by atoms with van der Waals surface area (Å²) in [5.41, 5.74) is -0.943. The summed E-state index contributed by atoms with van der Waals surface area (Å²) in [4.78, 5) is 13.5. The fourth-order valence-electron chi connectivity index (χ4n) is 1.07. The molecule has 78 valence electrons. The monoisotopic (exact) mass is 223 g/mol. The number of halogens is 3.